The molecule has 7 nitrogen and oxygen atoms in total. The number of nitrogens with one attached hydrogen (secondary N) is 2. The predicted octanol–water partition coefficient (Wildman–Crippen LogP) is -0.0827. The molecule has 1 aliphatic rings. The van der Waals surface area contributed by atoms with E-state index in [0.29, 0.717) is 11.6 Å². The molecule has 1 heterocycles. The summed E-state index contributed by atoms with van der Waals surface area (Å²) in [6.07, 6.45) is 3.18. The highest BCUT2D eigenvalue weighted by molar-refractivity contribution is 5.50. The van der Waals surface area contributed by atoms with E-state index in [-0.39, 0.29) is 24.5 Å². The first kappa shape index (κ1) is 11.9. The Morgan fingerprint density at radius 3 is 2.82 bits per heavy atom. The van der Waals surface area contributed by atoms with Crippen LogP contribution in [0.15, 0.2) is 6.07 Å². The van der Waals surface area contributed by atoms with Crippen LogP contribution < -0.4 is 22.3 Å². The van der Waals surface area contributed by atoms with Gasteiger partial charge >= 0.3 is 0 Å². The minimum Gasteiger partial charge on any atom is -0.396 e. The molecule has 1 fully saturated rings. The maximum absolute atomic E-state index is 9.24. The first-order valence-corrected chi connectivity index (χ1v) is 5.71. The summed E-state index contributed by atoms with van der Waals surface area (Å²) < 4.78 is 0. The van der Waals surface area contributed by atoms with Crippen LogP contribution in [-0.2, 0) is 0 Å². The fraction of sp³-hybridized carbons (Fsp3) is 0.600. The maximum atomic E-state index is 9.24. The van der Waals surface area contributed by atoms with Crippen molar-refractivity contribution in [1.29, 1.82) is 0 Å². The summed E-state index contributed by atoms with van der Waals surface area (Å²) in [5, 5.41) is 12.5. The van der Waals surface area contributed by atoms with E-state index in [1.54, 1.807) is 6.07 Å². The van der Waals surface area contributed by atoms with Crippen molar-refractivity contribution in [2.45, 2.75) is 25.3 Å². The number of hydrogen-bond acceptors (Lipinski definition) is 7. The number of aliphatic hydroxyl groups is 1. The molecule has 1 saturated carbocycles. The van der Waals surface area contributed by atoms with Gasteiger partial charge in [0, 0.05) is 24.6 Å². The minimum absolute atomic E-state index is 0.168. The van der Waals surface area contributed by atoms with Gasteiger partial charge in [-0.05, 0) is 12.8 Å². The SMILES string of the molecule is NNc1cc(NC2CCCC2CO)nc(N)n1. The van der Waals surface area contributed by atoms with Crippen LogP contribution in [0.1, 0.15) is 19.3 Å². The topological polar surface area (TPSA) is 122 Å². The Morgan fingerprint density at radius 2 is 2.12 bits per heavy atom. The molecular weight excluding hydrogens is 220 g/mol. The first-order chi connectivity index (χ1) is 8.22. The smallest absolute Gasteiger partial charge is 0.223 e. The van der Waals surface area contributed by atoms with E-state index in [2.05, 4.69) is 20.7 Å². The molecule has 0 aromatic carbocycles. The van der Waals surface area contributed by atoms with E-state index in [9.17, 15) is 5.11 Å². The van der Waals surface area contributed by atoms with Crippen LogP contribution in [-0.4, -0.2) is 27.7 Å². The van der Waals surface area contributed by atoms with Crippen LogP contribution in [0.5, 0.6) is 0 Å². The van der Waals surface area contributed by atoms with E-state index in [0.717, 1.165) is 19.3 Å². The molecule has 2 rings (SSSR count). The molecular formula is C10H18N6O. The molecule has 0 aliphatic heterocycles. The number of aromatic nitrogens is 2. The monoisotopic (exact) mass is 238 g/mol. The van der Waals surface area contributed by atoms with Crippen LogP contribution in [0.4, 0.5) is 17.6 Å². The van der Waals surface area contributed by atoms with Gasteiger partial charge in [-0.3, -0.25) is 0 Å². The minimum atomic E-state index is 0.168. The number of nitrogen functional groups attached to an aromatic ring is 2. The highest BCUT2D eigenvalue weighted by Gasteiger charge is 2.26. The number of aliphatic hydroxyl groups excluding tert-OH is 1. The molecule has 1 aromatic rings. The van der Waals surface area contributed by atoms with Gasteiger partial charge in [0.05, 0.1) is 0 Å². The second kappa shape index (κ2) is 5.15. The Morgan fingerprint density at radius 1 is 1.35 bits per heavy atom. The van der Waals surface area contributed by atoms with E-state index in [1.165, 1.54) is 0 Å². The summed E-state index contributed by atoms with van der Waals surface area (Å²) in [5.41, 5.74) is 8.01. The second-order valence-electron chi connectivity index (χ2n) is 4.27. The zero-order chi connectivity index (χ0) is 12.3. The molecule has 1 aliphatic carbocycles. The van der Waals surface area contributed by atoms with Crippen LogP contribution in [0.2, 0.25) is 0 Å². The highest BCUT2D eigenvalue weighted by atomic mass is 16.3. The fourth-order valence-corrected chi connectivity index (χ4v) is 2.25. The molecule has 2 unspecified atom stereocenters. The third kappa shape index (κ3) is 2.75. The van der Waals surface area contributed by atoms with Crippen LogP contribution in [0.3, 0.4) is 0 Å². The van der Waals surface area contributed by atoms with Gasteiger partial charge in [-0.25, -0.2) is 5.84 Å². The number of hydrazine groups is 1. The molecule has 0 bridgehead atoms. The van der Waals surface area contributed by atoms with Gasteiger partial charge in [0.25, 0.3) is 0 Å². The van der Waals surface area contributed by atoms with Crippen molar-refractivity contribution in [3.63, 3.8) is 0 Å². The third-order valence-corrected chi connectivity index (χ3v) is 3.12. The number of nitrogens with two attached hydrogens (primary N) is 2. The zero-order valence-electron chi connectivity index (χ0n) is 9.56. The van der Waals surface area contributed by atoms with Crippen molar-refractivity contribution in [3.05, 3.63) is 6.07 Å². The van der Waals surface area contributed by atoms with Crippen molar-refractivity contribution in [1.82, 2.24) is 9.97 Å². The Hall–Kier alpha value is -1.60. The van der Waals surface area contributed by atoms with E-state index < -0.39 is 0 Å². The standard InChI is InChI=1S/C10H18N6O/c11-10-14-8(4-9(15-10)16-12)13-7-3-1-2-6(7)5-17/h4,6-7,17H,1-3,5,12H2,(H4,11,13,14,15,16). The molecule has 7 N–H and O–H groups in total. The van der Waals surface area contributed by atoms with Gasteiger partial charge in [-0.15, -0.1) is 0 Å². The van der Waals surface area contributed by atoms with E-state index in [1.807, 2.05) is 0 Å². The van der Waals surface area contributed by atoms with E-state index in [4.69, 9.17) is 11.6 Å². The van der Waals surface area contributed by atoms with Crippen LogP contribution in [0.25, 0.3) is 0 Å². The molecule has 0 spiro atoms. The van der Waals surface area contributed by atoms with E-state index >= 15 is 0 Å². The summed E-state index contributed by atoms with van der Waals surface area (Å²) in [4.78, 5) is 8.00. The fourth-order valence-electron chi connectivity index (χ4n) is 2.25. The molecule has 2 atom stereocenters. The van der Waals surface area contributed by atoms with Crippen molar-refractivity contribution in [2.24, 2.45) is 11.8 Å². The Labute approximate surface area is 99.6 Å². The molecule has 0 amide bonds. The number of hydrogen-bond donors (Lipinski definition) is 5. The number of anilines is 3. The predicted molar refractivity (Wildman–Crippen MR) is 66.1 cm³/mol. The quantitative estimate of drug-likeness (QED) is 0.367. The Balaban J connectivity index is 2.09. The summed E-state index contributed by atoms with van der Waals surface area (Å²) in [6, 6.07) is 1.93. The lowest BCUT2D eigenvalue weighted by molar-refractivity contribution is 0.222. The van der Waals surface area contributed by atoms with Crippen LogP contribution >= 0.6 is 0 Å². The third-order valence-electron chi connectivity index (χ3n) is 3.12. The second-order valence-corrected chi connectivity index (χ2v) is 4.27. The average Bonchev–Trinajstić information content (AvgIpc) is 2.75. The van der Waals surface area contributed by atoms with Crippen molar-refractivity contribution in [2.75, 3.05) is 23.1 Å². The lowest BCUT2D eigenvalue weighted by atomic mass is 10.1. The molecule has 7 heteroatoms. The Bertz CT molecular complexity index is 385. The van der Waals surface area contributed by atoms with Gasteiger partial charge in [-0.2, -0.15) is 9.97 Å². The zero-order valence-corrected chi connectivity index (χ0v) is 9.56. The summed E-state index contributed by atoms with van der Waals surface area (Å²) in [7, 11) is 0. The van der Waals surface area contributed by atoms with Gasteiger partial charge in [0.15, 0.2) is 0 Å². The Kier molecular flexibility index (Phi) is 3.60. The molecule has 17 heavy (non-hydrogen) atoms. The largest absolute Gasteiger partial charge is 0.396 e. The number of nitrogens with zero attached hydrogens (tertiary/aromatic N) is 2. The van der Waals surface area contributed by atoms with Crippen LogP contribution in [0, 0.1) is 5.92 Å². The molecule has 94 valence electrons. The first-order valence-electron chi connectivity index (χ1n) is 5.71. The molecule has 0 radical (unpaired) electrons. The summed E-state index contributed by atoms with van der Waals surface area (Å²) >= 11 is 0. The number of rotatable bonds is 4. The van der Waals surface area contributed by atoms with Crippen molar-refractivity contribution < 1.29 is 5.11 Å². The normalized spacial score (nSPS) is 23.6. The summed E-state index contributed by atoms with van der Waals surface area (Å²) in [6.45, 7) is 0.195. The highest BCUT2D eigenvalue weighted by Crippen LogP contribution is 2.28. The van der Waals surface area contributed by atoms with Gasteiger partial charge in [0.2, 0.25) is 5.95 Å². The average molecular weight is 238 g/mol. The van der Waals surface area contributed by atoms with Crippen molar-refractivity contribution >= 4 is 17.6 Å². The summed E-state index contributed by atoms with van der Waals surface area (Å²) in [5.74, 6) is 6.84. The lowest BCUT2D eigenvalue weighted by Gasteiger charge is -2.19. The van der Waals surface area contributed by atoms with Gasteiger partial charge in [-0.1, -0.05) is 6.42 Å². The molecule has 1 aromatic heterocycles. The maximum Gasteiger partial charge on any atom is 0.223 e. The van der Waals surface area contributed by atoms with Crippen molar-refractivity contribution in [3.8, 4) is 0 Å². The lowest BCUT2D eigenvalue weighted by Crippen LogP contribution is -2.27. The van der Waals surface area contributed by atoms with Gasteiger partial charge < -0.3 is 21.6 Å². The molecule has 0 saturated heterocycles. The van der Waals surface area contributed by atoms with Gasteiger partial charge in [0.1, 0.15) is 11.6 Å².